The van der Waals surface area contributed by atoms with E-state index in [9.17, 15) is 4.79 Å². The lowest BCUT2D eigenvalue weighted by Gasteiger charge is -2.27. The molecular weight excluding hydrogens is 282 g/mol. The third-order valence-corrected chi connectivity index (χ3v) is 3.77. The van der Waals surface area contributed by atoms with E-state index < -0.39 is 5.54 Å². The maximum absolute atomic E-state index is 12.5. The average Bonchev–Trinajstić information content (AvgIpc) is 2.54. The monoisotopic (exact) mass is 307 g/mol. The molecule has 2 rings (SSSR count). The zero-order valence-electron chi connectivity index (χ0n) is 14.3. The Bertz CT molecular complexity index is 667. The SMILES string of the molecule is CC(C)/C=C/c1ccc(C(=O)NC(C)(C)c2ccccc2)cc1. The first-order valence-corrected chi connectivity index (χ1v) is 8.05. The summed E-state index contributed by atoms with van der Waals surface area (Å²) in [6.45, 7) is 8.31. The molecule has 0 bridgehead atoms. The summed E-state index contributed by atoms with van der Waals surface area (Å²) in [7, 11) is 0. The number of nitrogens with one attached hydrogen (secondary N) is 1. The van der Waals surface area contributed by atoms with Crippen LogP contribution in [0.1, 0.15) is 49.2 Å². The molecule has 2 heteroatoms. The quantitative estimate of drug-likeness (QED) is 0.825. The Morgan fingerprint density at radius 1 is 1.00 bits per heavy atom. The fourth-order valence-electron chi connectivity index (χ4n) is 2.33. The molecule has 0 atom stereocenters. The van der Waals surface area contributed by atoms with Crippen molar-refractivity contribution in [2.24, 2.45) is 5.92 Å². The summed E-state index contributed by atoms with van der Waals surface area (Å²) in [5.74, 6) is 0.461. The number of carbonyl (C=O) groups excluding carboxylic acids is 1. The van der Waals surface area contributed by atoms with Gasteiger partial charge in [0.15, 0.2) is 0 Å². The van der Waals surface area contributed by atoms with Gasteiger partial charge in [-0.05, 0) is 43.0 Å². The van der Waals surface area contributed by atoms with Crippen LogP contribution in [0.3, 0.4) is 0 Å². The van der Waals surface area contributed by atoms with E-state index in [1.165, 1.54) is 0 Å². The molecule has 0 aliphatic carbocycles. The molecule has 0 aliphatic heterocycles. The number of amides is 1. The third-order valence-electron chi connectivity index (χ3n) is 3.77. The molecule has 0 aromatic heterocycles. The molecule has 23 heavy (non-hydrogen) atoms. The first-order valence-electron chi connectivity index (χ1n) is 8.05. The fraction of sp³-hybridized carbons (Fsp3) is 0.286. The molecule has 0 saturated carbocycles. The highest BCUT2D eigenvalue weighted by Crippen LogP contribution is 2.20. The number of benzene rings is 2. The highest BCUT2D eigenvalue weighted by Gasteiger charge is 2.22. The van der Waals surface area contributed by atoms with Crippen LogP contribution in [0.5, 0.6) is 0 Å². The number of allylic oxidation sites excluding steroid dienone is 1. The second kappa shape index (κ2) is 7.28. The van der Waals surface area contributed by atoms with Crippen LogP contribution in [-0.2, 0) is 5.54 Å². The molecule has 0 heterocycles. The van der Waals surface area contributed by atoms with Gasteiger partial charge in [0.05, 0.1) is 5.54 Å². The van der Waals surface area contributed by atoms with Crippen molar-refractivity contribution in [2.75, 3.05) is 0 Å². The summed E-state index contributed by atoms with van der Waals surface area (Å²) in [6, 6.07) is 17.7. The van der Waals surface area contributed by atoms with E-state index >= 15 is 0 Å². The van der Waals surface area contributed by atoms with Crippen LogP contribution in [0.4, 0.5) is 0 Å². The van der Waals surface area contributed by atoms with Gasteiger partial charge >= 0.3 is 0 Å². The minimum atomic E-state index is -0.408. The lowest BCUT2D eigenvalue weighted by molar-refractivity contribution is 0.0912. The van der Waals surface area contributed by atoms with Crippen molar-refractivity contribution in [3.8, 4) is 0 Å². The van der Waals surface area contributed by atoms with Gasteiger partial charge in [0.1, 0.15) is 0 Å². The summed E-state index contributed by atoms with van der Waals surface area (Å²) in [5.41, 5.74) is 2.47. The highest BCUT2D eigenvalue weighted by molar-refractivity contribution is 5.94. The van der Waals surface area contributed by atoms with Gasteiger partial charge in [0.25, 0.3) is 5.91 Å². The summed E-state index contributed by atoms with van der Waals surface area (Å²) >= 11 is 0. The van der Waals surface area contributed by atoms with Gasteiger partial charge in [0, 0.05) is 5.56 Å². The van der Waals surface area contributed by atoms with E-state index in [0.717, 1.165) is 11.1 Å². The first-order chi connectivity index (χ1) is 10.9. The molecule has 2 aromatic carbocycles. The third kappa shape index (κ3) is 4.82. The van der Waals surface area contributed by atoms with Crippen LogP contribution in [0.25, 0.3) is 6.08 Å². The molecule has 0 saturated heterocycles. The van der Waals surface area contributed by atoms with Crippen LogP contribution in [0, 0.1) is 5.92 Å². The second-order valence-corrected chi connectivity index (χ2v) is 6.67. The van der Waals surface area contributed by atoms with Gasteiger partial charge in [-0.1, -0.05) is 68.5 Å². The molecule has 0 radical (unpaired) electrons. The molecule has 0 unspecified atom stereocenters. The predicted octanol–water partition coefficient (Wildman–Crippen LogP) is 5.02. The largest absolute Gasteiger partial charge is 0.343 e. The maximum Gasteiger partial charge on any atom is 0.251 e. The molecule has 0 fully saturated rings. The van der Waals surface area contributed by atoms with Crippen molar-refractivity contribution in [1.29, 1.82) is 0 Å². The molecule has 1 N–H and O–H groups in total. The Hall–Kier alpha value is -2.35. The van der Waals surface area contributed by atoms with E-state index in [1.807, 2.05) is 68.4 Å². The predicted molar refractivity (Wildman–Crippen MR) is 97.2 cm³/mol. The Balaban J connectivity index is 2.09. The van der Waals surface area contributed by atoms with Crippen molar-refractivity contribution < 1.29 is 4.79 Å². The van der Waals surface area contributed by atoms with Crippen molar-refractivity contribution in [1.82, 2.24) is 5.32 Å². The normalized spacial score (nSPS) is 11.9. The first kappa shape index (κ1) is 17.0. The number of hydrogen-bond donors (Lipinski definition) is 1. The van der Waals surface area contributed by atoms with Crippen LogP contribution in [0.15, 0.2) is 60.7 Å². The van der Waals surface area contributed by atoms with E-state index in [-0.39, 0.29) is 5.91 Å². The van der Waals surface area contributed by atoms with Crippen molar-refractivity contribution >= 4 is 12.0 Å². The highest BCUT2D eigenvalue weighted by atomic mass is 16.1. The zero-order valence-corrected chi connectivity index (χ0v) is 14.3. The second-order valence-electron chi connectivity index (χ2n) is 6.67. The molecule has 120 valence electrons. The average molecular weight is 307 g/mol. The minimum absolute atomic E-state index is 0.0572. The summed E-state index contributed by atoms with van der Waals surface area (Å²) < 4.78 is 0. The molecule has 0 aliphatic rings. The maximum atomic E-state index is 12.5. The summed E-state index contributed by atoms with van der Waals surface area (Å²) in [5, 5.41) is 3.10. The van der Waals surface area contributed by atoms with Gasteiger partial charge in [-0.15, -0.1) is 0 Å². The lowest BCUT2D eigenvalue weighted by Crippen LogP contribution is -2.40. The summed E-state index contributed by atoms with van der Waals surface area (Å²) in [6.07, 6.45) is 4.23. The van der Waals surface area contributed by atoms with Crippen LogP contribution >= 0.6 is 0 Å². The van der Waals surface area contributed by atoms with Crippen LogP contribution < -0.4 is 5.32 Å². The lowest BCUT2D eigenvalue weighted by atomic mass is 9.94. The van der Waals surface area contributed by atoms with E-state index in [1.54, 1.807) is 0 Å². The van der Waals surface area contributed by atoms with Gasteiger partial charge in [-0.3, -0.25) is 4.79 Å². The number of carbonyl (C=O) groups is 1. The minimum Gasteiger partial charge on any atom is -0.343 e. The molecule has 2 nitrogen and oxygen atoms in total. The molecular formula is C21H25NO. The summed E-state index contributed by atoms with van der Waals surface area (Å²) in [4.78, 5) is 12.5. The van der Waals surface area contributed by atoms with Gasteiger partial charge < -0.3 is 5.32 Å². The van der Waals surface area contributed by atoms with Crippen molar-refractivity contribution in [2.45, 2.75) is 33.2 Å². The number of hydrogen-bond acceptors (Lipinski definition) is 1. The van der Waals surface area contributed by atoms with Crippen molar-refractivity contribution in [3.05, 3.63) is 77.4 Å². The standard InChI is InChI=1S/C21H25NO/c1-16(2)10-11-17-12-14-18(15-13-17)20(23)22-21(3,4)19-8-6-5-7-9-19/h5-16H,1-4H3,(H,22,23)/b11-10+. The topological polar surface area (TPSA) is 29.1 Å². The molecule has 1 amide bonds. The van der Waals surface area contributed by atoms with Gasteiger partial charge in [-0.25, -0.2) is 0 Å². The Morgan fingerprint density at radius 3 is 2.17 bits per heavy atom. The van der Waals surface area contributed by atoms with Crippen molar-refractivity contribution in [3.63, 3.8) is 0 Å². The Morgan fingerprint density at radius 2 is 1.61 bits per heavy atom. The number of rotatable bonds is 5. The van der Waals surface area contributed by atoms with E-state index in [0.29, 0.717) is 11.5 Å². The molecule has 0 spiro atoms. The zero-order chi connectivity index (χ0) is 16.9. The van der Waals surface area contributed by atoms with E-state index in [2.05, 4.69) is 31.3 Å². The van der Waals surface area contributed by atoms with Crippen LogP contribution in [0.2, 0.25) is 0 Å². The van der Waals surface area contributed by atoms with Gasteiger partial charge in [-0.2, -0.15) is 0 Å². The smallest absolute Gasteiger partial charge is 0.251 e. The fourth-order valence-corrected chi connectivity index (χ4v) is 2.33. The van der Waals surface area contributed by atoms with E-state index in [4.69, 9.17) is 0 Å². The molecule has 2 aromatic rings. The van der Waals surface area contributed by atoms with Gasteiger partial charge in [0.2, 0.25) is 0 Å². The Kier molecular flexibility index (Phi) is 5.38. The Labute approximate surface area is 139 Å². The van der Waals surface area contributed by atoms with Crippen LogP contribution in [-0.4, -0.2) is 5.91 Å².